The third-order valence-corrected chi connectivity index (χ3v) is 4.57. The lowest BCUT2D eigenvalue weighted by Crippen LogP contribution is -2.48. The van der Waals surface area contributed by atoms with Crippen LogP contribution in [0.5, 0.6) is 11.5 Å². The summed E-state index contributed by atoms with van der Waals surface area (Å²) in [6, 6.07) is 14.8. The smallest absolute Gasteiger partial charge is 0.242 e. The van der Waals surface area contributed by atoms with Crippen LogP contribution in [0.15, 0.2) is 48.5 Å². The number of amides is 2. The van der Waals surface area contributed by atoms with Crippen molar-refractivity contribution in [1.82, 2.24) is 10.6 Å². The number of carbonyl (C=O) groups is 2. The first kappa shape index (κ1) is 22.3. The van der Waals surface area contributed by atoms with Gasteiger partial charge in [0, 0.05) is 19.4 Å². The molecular formula is C23H30N2O4. The molecule has 0 heterocycles. The third-order valence-electron chi connectivity index (χ3n) is 4.57. The third kappa shape index (κ3) is 7.14. The number of methoxy groups -OCH3 is 2. The molecule has 2 N–H and O–H groups in total. The molecule has 0 aliphatic rings. The molecular weight excluding hydrogens is 368 g/mol. The summed E-state index contributed by atoms with van der Waals surface area (Å²) in [7, 11) is 3.19. The van der Waals surface area contributed by atoms with Gasteiger partial charge in [0.15, 0.2) is 11.5 Å². The van der Waals surface area contributed by atoms with Crippen LogP contribution in [0, 0.1) is 0 Å². The Hall–Kier alpha value is -3.02. The van der Waals surface area contributed by atoms with Crippen molar-refractivity contribution in [3.8, 4) is 11.5 Å². The van der Waals surface area contributed by atoms with E-state index >= 15 is 0 Å². The molecule has 0 aromatic heterocycles. The van der Waals surface area contributed by atoms with Crippen molar-refractivity contribution < 1.29 is 19.1 Å². The first-order chi connectivity index (χ1) is 14.1. The molecule has 0 fully saturated rings. The Morgan fingerprint density at radius 3 is 2.34 bits per heavy atom. The van der Waals surface area contributed by atoms with Crippen LogP contribution in [0.4, 0.5) is 0 Å². The van der Waals surface area contributed by atoms with Gasteiger partial charge < -0.3 is 20.1 Å². The van der Waals surface area contributed by atoms with Crippen molar-refractivity contribution >= 4 is 11.8 Å². The molecule has 0 aliphatic carbocycles. The first-order valence-electron chi connectivity index (χ1n) is 9.89. The minimum Gasteiger partial charge on any atom is -0.493 e. The molecule has 0 saturated heterocycles. The second-order valence-electron chi connectivity index (χ2n) is 6.79. The van der Waals surface area contributed by atoms with E-state index in [1.54, 1.807) is 14.2 Å². The molecule has 2 aromatic carbocycles. The van der Waals surface area contributed by atoms with Gasteiger partial charge in [0.2, 0.25) is 11.8 Å². The van der Waals surface area contributed by atoms with E-state index in [0.717, 1.165) is 17.5 Å². The van der Waals surface area contributed by atoms with Crippen molar-refractivity contribution in [1.29, 1.82) is 0 Å². The van der Waals surface area contributed by atoms with Crippen molar-refractivity contribution in [2.24, 2.45) is 0 Å². The van der Waals surface area contributed by atoms with E-state index in [0.29, 0.717) is 37.3 Å². The van der Waals surface area contributed by atoms with E-state index in [4.69, 9.17) is 9.47 Å². The topological polar surface area (TPSA) is 76.7 Å². The highest BCUT2D eigenvalue weighted by atomic mass is 16.5. The van der Waals surface area contributed by atoms with E-state index in [9.17, 15) is 9.59 Å². The Kier molecular flexibility index (Phi) is 9.02. The fourth-order valence-electron chi connectivity index (χ4n) is 3.04. The number of carbonyl (C=O) groups excluding carboxylic acids is 2. The number of benzene rings is 2. The molecule has 1 unspecified atom stereocenters. The number of nitrogens with one attached hydrogen (secondary N) is 2. The van der Waals surface area contributed by atoms with Gasteiger partial charge in [-0.25, -0.2) is 0 Å². The van der Waals surface area contributed by atoms with Crippen molar-refractivity contribution in [3.05, 3.63) is 59.7 Å². The van der Waals surface area contributed by atoms with Crippen LogP contribution in [0.1, 0.15) is 30.9 Å². The van der Waals surface area contributed by atoms with E-state index < -0.39 is 6.04 Å². The highest BCUT2D eigenvalue weighted by Crippen LogP contribution is 2.27. The van der Waals surface area contributed by atoms with Gasteiger partial charge >= 0.3 is 0 Å². The van der Waals surface area contributed by atoms with Crippen LogP contribution < -0.4 is 20.1 Å². The van der Waals surface area contributed by atoms with E-state index in [-0.39, 0.29) is 11.8 Å². The monoisotopic (exact) mass is 398 g/mol. The summed E-state index contributed by atoms with van der Waals surface area (Å²) in [4.78, 5) is 24.8. The van der Waals surface area contributed by atoms with Crippen LogP contribution in [-0.2, 0) is 22.4 Å². The molecule has 0 aliphatic heterocycles. The molecule has 2 aromatic rings. The molecule has 2 amide bonds. The Morgan fingerprint density at radius 1 is 0.966 bits per heavy atom. The highest BCUT2D eigenvalue weighted by molar-refractivity contribution is 5.87. The van der Waals surface area contributed by atoms with Crippen molar-refractivity contribution in [3.63, 3.8) is 0 Å². The second kappa shape index (κ2) is 11.7. The molecule has 156 valence electrons. The average Bonchev–Trinajstić information content (AvgIpc) is 2.74. The Bertz CT molecular complexity index is 793. The number of ether oxygens (including phenoxy) is 2. The molecule has 0 spiro atoms. The van der Waals surface area contributed by atoms with Crippen LogP contribution in [0.2, 0.25) is 0 Å². The molecule has 2 rings (SSSR count). The summed E-state index contributed by atoms with van der Waals surface area (Å²) >= 11 is 0. The van der Waals surface area contributed by atoms with E-state index in [1.807, 2.05) is 55.5 Å². The maximum atomic E-state index is 12.7. The van der Waals surface area contributed by atoms with Gasteiger partial charge in [-0.2, -0.15) is 0 Å². The number of hydrogen-bond acceptors (Lipinski definition) is 4. The largest absolute Gasteiger partial charge is 0.493 e. The number of rotatable bonds is 11. The minimum atomic E-state index is -0.596. The molecule has 6 nitrogen and oxygen atoms in total. The average molecular weight is 399 g/mol. The fraction of sp³-hybridized carbons (Fsp3) is 0.391. The molecule has 0 saturated carbocycles. The molecule has 6 heteroatoms. The molecule has 29 heavy (non-hydrogen) atoms. The SMILES string of the molecule is CCCC(=O)NC(Cc1ccccc1)C(=O)NCCc1ccc(OC)c(OC)c1. The molecule has 0 bridgehead atoms. The van der Waals surface area contributed by atoms with Gasteiger partial charge in [0.1, 0.15) is 6.04 Å². The van der Waals surface area contributed by atoms with Gasteiger partial charge in [0.05, 0.1) is 14.2 Å². The summed E-state index contributed by atoms with van der Waals surface area (Å²) in [6.45, 7) is 2.40. The summed E-state index contributed by atoms with van der Waals surface area (Å²) < 4.78 is 10.6. The molecule has 0 radical (unpaired) electrons. The zero-order valence-electron chi connectivity index (χ0n) is 17.4. The van der Waals surface area contributed by atoms with Gasteiger partial charge in [-0.3, -0.25) is 9.59 Å². The van der Waals surface area contributed by atoms with Crippen LogP contribution in [-0.4, -0.2) is 38.6 Å². The van der Waals surface area contributed by atoms with Crippen LogP contribution in [0.25, 0.3) is 0 Å². The molecule has 1 atom stereocenters. The normalized spacial score (nSPS) is 11.4. The predicted molar refractivity (Wildman–Crippen MR) is 113 cm³/mol. The van der Waals surface area contributed by atoms with E-state index in [1.165, 1.54) is 0 Å². The summed E-state index contributed by atoms with van der Waals surface area (Å²) in [5, 5.41) is 5.80. The van der Waals surface area contributed by atoms with Gasteiger partial charge in [-0.1, -0.05) is 43.3 Å². The Labute approximate surface area is 172 Å². The fourth-order valence-corrected chi connectivity index (χ4v) is 3.04. The Balaban J connectivity index is 1.96. The highest BCUT2D eigenvalue weighted by Gasteiger charge is 2.20. The summed E-state index contributed by atoms with van der Waals surface area (Å²) in [5.41, 5.74) is 2.03. The van der Waals surface area contributed by atoms with Crippen molar-refractivity contribution in [2.45, 2.75) is 38.6 Å². The Morgan fingerprint density at radius 2 is 1.69 bits per heavy atom. The first-order valence-corrected chi connectivity index (χ1v) is 9.89. The zero-order valence-corrected chi connectivity index (χ0v) is 17.4. The van der Waals surface area contributed by atoms with E-state index in [2.05, 4.69) is 10.6 Å². The van der Waals surface area contributed by atoms with Gasteiger partial charge in [0.25, 0.3) is 0 Å². The second-order valence-corrected chi connectivity index (χ2v) is 6.79. The van der Waals surface area contributed by atoms with Crippen LogP contribution in [0.3, 0.4) is 0 Å². The lowest BCUT2D eigenvalue weighted by molar-refractivity contribution is -0.129. The maximum absolute atomic E-state index is 12.7. The van der Waals surface area contributed by atoms with Gasteiger partial charge in [-0.05, 0) is 36.1 Å². The van der Waals surface area contributed by atoms with Gasteiger partial charge in [-0.15, -0.1) is 0 Å². The summed E-state index contributed by atoms with van der Waals surface area (Å²) in [5.74, 6) is 1.04. The van der Waals surface area contributed by atoms with Crippen molar-refractivity contribution in [2.75, 3.05) is 20.8 Å². The quantitative estimate of drug-likeness (QED) is 0.610. The number of hydrogen-bond donors (Lipinski definition) is 2. The van der Waals surface area contributed by atoms with Crippen LogP contribution >= 0.6 is 0 Å². The standard InChI is InChI=1S/C23H30N2O4/c1-4-8-22(26)25-19(15-17-9-6-5-7-10-17)23(27)24-14-13-18-11-12-20(28-2)21(16-18)29-3/h5-7,9-12,16,19H,4,8,13-15H2,1-3H3,(H,24,27)(H,25,26). The predicted octanol–water partition coefficient (Wildman–Crippen LogP) is 2.89. The maximum Gasteiger partial charge on any atom is 0.242 e. The lowest BCUT2D eigenvalue weighted by atomic mass is 10.0. The summed E-state index contributed by atoms with van der Waals surface area (Å²) in [6.07, 6.45) is 2.25. The lowest BCUT2D eigenvalue weighted by Gasteiger charge is -2.19. The minimum absolute atomic E-state index is 0.108. The zero-order chi connectivity index (χ0) is 21.1.